The molecule has 0 unspecified atom stereocenters. The summed E-state index contributed by atoms with van der Waals surface area (Å²) < 4.78 is 29.9. The van der Waals surface area contributed by atoms with Crippen LogP contribution in [-0.4, -0.2) is 59.3 Å². The summed E-state index contributed by atoms with van der Waals surface area (Å²) in [6.07, 6.45) is 5.70. The molecule has 0 aliphatic carbocycles. The van der Waals surface area contributed by atoms with Gasteiger partial charge in [-0.15, -0.1) is 5.10 Å². The van der Waals surface area contributed by atoms with Gasteiger partial charge in [-0.25, -0.2) is 18.4 Å². The zero-order valence-corrected chi connectivity index (χ0v) is 24.7. The molecule has 4 aromatic heterocycles. The molecular weight excluding hydrogens is 616 g/mol. The molecule has 0 spiro atoms. The molecule has 1 aliphatic rings. The maximum Gasteiger partial charge on any atom is 0.410 e. The molecule has 0 aromatic carbocycles. The van der Waals surface area contributed by atoms with E-state index in [9.17, 15) is 9.18 Å². The average molecular weight is 647 g/mol. The third-order valence-electron chi connectivity index (χ3n) is 6.67. The highest BCUT2D eigenvalue weighted by Crippen LogP contribution is 2.35. The van der Waals surface area contributed by atoms with Gasteiger partial charge in [-0.2, -0.15) is 5.10 Å². The van der Waals surface area contributed by atoms with Gasteiger partial charge in [0, 0.05) is 24.8 Å². The lowest BCUT2D eigenvalue weighted by atomic mass is 10.0. The summed E-state index contributed by atoms with van der Waals surface area (Å²) in [5.74, 6) is 0.224. The second kappa shape index (κ2) is 10.7. The first-order valence-electron chi connectivity index (χ1n) is 12.9. The Morgan fingerprint density at radius 1 is 1.21 bits per heavy atom. The maximum absolute atomic E-state index is 13.4. The summed E-state index contributed by atoms with van der Waals surface area (Å²) in [6.45, 7) is 10.7. The quantitative estimate of drug-likeness (QED) is 0.255. The van der Waals surface area contributed by atoms with Crippen LogP contribution < -0.4 is 4.74 Å². The number of carbonyl (C=O) groups excluding carboxylic acids is 1. The van der Waals surface area contributed by atoms with Crippen molar-refractivity contribution in [3.63, 3.8) is 0 Å². The van der Waals surface area contributed by atoms with Crippen molar-refractivity contribution in [3.05, 3.63) is 57.6 Å². The number of piperidine rings is 1. The predicted octanol–water partition coefficient (Wildman–Crippen LogP) is 5.75. The number of hydrogen-bond acceptors (Lipinski definition) is 7. The third kappa shape index (κ3) is 5.85. The number of fused-ring (bicyclic) bond motifs is 1. The van der Waals surface area contributed by atoms with E-state index in [0.717, 1.165) is 38.9 Å². The molecule has 10 nitrogen and oxygen atoms in total. The summed E-state index contributed by atoms with van der Waals surface area (Å²) in [5, 5.41) is 13.5. The van der Waals surface area contributed by atoms with E-state index in [0.29, 0.717) is 24.5 Å². The molecule has 39 heavy (non-hydrogen) atoms. The van der Waals surface area contributed by atoms with Crippen molar-refractivity contribution in [2.24, 2.45) is 0 Å². The second-order valence-electron chi connectivity index (χ2n) is 10.7. The normalized spacial score (nSPS) is 15.5. The SMILES string of the molecule is Cc1c(-c2cc(O[C@H](C)c3ccc(F)cn3)c3c(I)cnn3c2)nnn1C1CCN(C(=O)OC(C)(C)C)CC1. The number of likely N-dealkylation sites (tertiary alicyclic amines) is 1. The first kappa shape index (κ1) is 27.3. The van der Waals surface area contributed by atoms with Gasteiger partial charge in [-0.1, -0.05) is 5.21 Å². The molecule has 12 heteroatoms. The largest absolute Gasteiger partial charge is 0.482 e. The number of ether oxygens (including phenoxy) is 2. The van der Waals surface area contributed by atoms with E-state index in [1.54, 1.807) is 21.7 Å². The van der Waals surface area contributed by atoms with Crippen LogP contribution in [0.5, 0.6) is 5.75 Å². The molecule has 5 heterocycles. The van der Waals surface area contributed by atoms with Crippen LogP contribution in [0, 0.1) is 16.3 Å². The van der Waals surface area contributed by atoms with Crippen molar-refractivity contribution < 1.29 is 18.7 Å². The maximum atomic E-state index is 13.4. The van der Waals surface area contributed by atoms with Gasteiger partial charge < -0.3 is 14.4 Å². The van der Waals surface area contributed by atoms with Crippen molar-refractivity contribution in [1.82, 2.24) is 34.5 Å². The molecule has 1 amide bonds. The Labute approximate surface area is 239 Å². The van der Waals surface area contributed by atoms with Crippen molar-refractivity contribution in [2.45, 2.75) is 65.2 Å². The minimum atomic E-state index is -0.519. The van der Waals surface area contributed by atoms with Crippen LogP contribution >= 0.6 is 22.6 Å². The van der Waals surface area contributed by atoms with Gasteiger partial charge in [0.1, 0.15) is 34.5 Å². The van der Waals surface area contributed by atoms with Gasteiger partial charge in [-0.05, 0) is 88.3 Å². The van der Waals surface area contributed by atoms with Crippen LogP contribution in [0.2, 0.25) is 0 Å². The monoisotopic (exact) mass is 647 g/mol. The van der Waals surface area contributed by atoms with Gasteiger partial charge >= 0.3 is 6.09 Å². The number of rotatable bonds is 5. The van der Waals surface area contributed by atoms with Gasteiger partial charge in [0.25, 0.3) is 0 Å². The molecule has 0 bridgehead atoms. The van der Waals surface area contributed by atoms with E-state index in [2.05, 4.69) is 43.0 Å². The topological polar surface area (TPSA) is 99.7 Å². The molecule has 1 aliphatic heterocycles. The lowest BCUT2D eigenvalue weighted by molar-refractivity contribution is 0.0184. The van der Waals surface area contributed by atoms with Gasteiger partial charge in [0.2, 0.25) is 0 Å². The molecular formula is C27H31FIN7O3. The molecule has 5 rings (SSSR count). The van der Waals surface area contributed by atoms with Gasteiger partial charge in [0.15, 0.2) is 0 Å². The zero-order chi connectivity index (χ0) is 27.9. The highest BCUT2D eigenvalue weighted by atomic mass is 127. The molecule has 4 aromatic rings. The average Bonchev–Trinajstić information content (AvgIpc) is 3.46. The minimum absolute atomic E-state index is 0.125. The summed E-state index contributed by atoms with van der Waals surface area (Å²) in [7, 11) is 0. The Hall–Kier alpha value is -3.29. The smallest absolute Gasteiger partial charge is 0.410 e. The molecule has 206 valence electrons. The Balaban J connectivity index is 1.38. The molecule has 1 atom stereocenters. The van der Waals surface area contributed by atoms with Gasteiger partial charge in [-0.3, -0.25) is 4.98 Å². The Bertz CT molecular complexity index is 1490. The summed E-state index contributed by atoms with van der Waals surface area (Å²) in [4.78, 5) is 18.4. The summed E-state index contributed by atoms with van der Waals surface area (Å²) in [5.41, 5.74) is 3.39. The highest BCUT2D eigenvalue weighted by molar-refractivity contribution is 14.1. The van der Waals surface area contributed by atoms with E-state index in [1.165, 1.54) is 12.3 Å². The van der Waals surface area contributed by atoms with Crippen LogP contribution in [0.25, 0.3) is 16.8 Å². The van der Waals surface area contributed by atoms with Crippen LogP contribution in [-0.2, 0) is 4.74 Å². The van der Waals surface area contributed by atoms with E-state index < -0.39 is 17.5 Å². The van der Waals surface area contributed by atoms with E-state index in [-0.39, 0.29) is 12.1 Å². The minimum Gasteiger partial charge on any atom is -0.482 e. The van der Waals surface area contributed by atoms with Gasteiger partial charge in [0.05, 0.1) is 33.4 Å². The highest BCUT2D eigenvalue weighted by Gasteiger charge is 2.29. The fourth-order valence-corrected chi connectivity index (χ4v) is 5.36. The van der Waals surface area contributed by atoms with Crippen molar-refractivity contribution in [1.29, 1.82) is 0 Å². The first-order chi connectivity index (χ1) is 18.5. The third-order valence-corrected chi connectivity index (χ3v) is 7.46. The fraction of sp³-hybridized carbons (Fsp3) is 0.444. The standard InChI is InChI=1S/C27H31FIN7O3/c1-16-24(32-33-36(16)20-8-10-34(11-9-20)26(37)39-27(3,4)5)18-12-23(25-21(29)14-31-35(25)15-18)38-17(2)22-7-6-19(28)13-30-22/h6-7,12-15,17,20H,8-11H2,1-5H3/t17-/m1/s1. The van der Waals surface area contributed by atoms with Crippen LogP contribution in [0.4, 0.5) is 9.18 Å². The first-order valence-corrected chi connectivity index (χ1v) is 13.9. The van der Waals surface area contributed by atoms with Crippen LogP contribution in [0.3, 0.4) is 0 Å². The number of amides is 1. The second-order valence-corrected chi connectivity index (χ2v) is 11.9. The molecule has 0 N–H and O–H groups in total. The van der Waals surface area contributed by atoms with E-state index >= 15 is 0 Å². The van der Waals surface area contributed by atoms with Crippen LogP contribution in [0.15, 0.2) is 36.8 Å². The number of halogens is 2. The number of nitrogens with zero attached hydrogens (tertiary/aromatic N) is 7. The number of pyridine rings is 2. The Kier molecular flexibility index (Phi) is 7.49. The summed E-state index contributed by atoms with van der Waals surface area (Å²) >= 11 is 2.23. The summed E-state index contributed by atoms with van der Waals surface area (Å²) in [6, 6.07) is 5.05. The van der Waals surface area contributed by atoms with E-state index in [4.69, 9.17) is 9.47 Å². The lowest BCUT2D eigenvalue weighted by Crippen LogP contribution is -2.42. The van der Waals surface area contributed by atoms with Crippen molar-refractivity contribution >= 4 is 34.2 Å². The molecule has 0 radical (unpaired) electrons. The van der Waals surface area contributed by atoms with Crippen LogP contribution in [0.1, 0.15) is 64.1 Å². The Morgan fingerprint density at radius 2 is 1.95 bits per heavy atom. The number of aromatic nitrogens is 6. The molecule has 1 saturated heterocycles. The van der Waals surface area contributed by atoms with Crippen molar-refractivity contribution in [3.8, 4) is 17.0 Å². The number of carbonyl (C=O) groups is 1. The van der Waals surface area contributed by atoms with E-state index in [1.807, 2.05) is 51.6 Å². The zero-order valence-electron chi connectivity index (χ0n) is 22.6. The van der Waals surface area contributed by atoms with Crippen molar-refractivity contribution in [2.75, 3.05) is 13.1 Å². The fourth-order valence-electron chi connectivity index (χ4n) is 4.72. The molecule has 1 fully saturated rings. The number of hydrogen-bond donors (Lipinski definition) is 0. The Morgan fingerprint density at radius 3 is 2.62 bits per heavy atom. The molecule has 0 saturated carbocycles. The lowest BCUT2D eigenvalue weighted by Gasteiger charge is -2.33. The predicted molar refractivity (Wildman–Crippen MR) is 151 cm³/mol.